The molecule has 2 amide bonds. The second-order valence-corrected chi connectivity index (χ2v) is 11.7. The largest absolute Gasteiger partial charge is 0.463 e. The molecule has 10 N–H and O–H groups in total. The van der Waals surface area contributed by atoms with E-state index in [-0.39, 0.29) is 11.4 Å². The van der Waals surface area contributed by atoms with Crippen molar-refractivity contribution in [2.24, 2.45) is 0 Å². The van der Waals surface area contributed by atoms with E-state index in [0.717, 1.165) is 26.0 Å². The number of non-ortho nitro benzene ring substituents is 1. The zero-order valence-electron chi connectivity index (χ0n) is 26.2. The molecule has 0 bridgehead atoms. The number of rotatable bonds is 12. The molecule has 3 fully saturated rings. The van der Waals surface area contributed by atoms with Gasteiger partial charge in [-0.25, -0.2) is 0 Å². The number of ether oxygens (including phenoxy) is 6. The smallest absolute Gasteiger partial charge is 0.269 e. The fourth-order valence-corrected chi connectivity index (χ4v) is 5.64. The minimum atomic E-state index is -1.92. The summed E-state index contributed by atoms with van der Waals surface area (Å²) in [7, 11) is 0. The molecule has 49 heavy (non-hydrogen) atoms. The maximum Gasteiger partial charge on any atom is 0.269 e. The molecule has 276 valence electrons. The molecule has 3 saturated heterocycles. The van der Waals surface area contributed by atoms with E-state index < -0.39 is 129 Å². The number of aliphatic hydroxyl groups excluding tert-OH is 8. The van der Waals surface area contributed by atoms with E-state index in [1.165, 1.54) is 12.1 Å². The molecule has 21 nitrogen and oxygen atoms in total. The zero-order valence-corrected chi connectivity index (χ0v) is 26.2. The zero-order chi connectivity index (χ0) is 36.2. The average Bonchev–Trinajstić information content (AvgIpc) is 3.05. The highest BCUT2D eigenvalue weighted by molar-refractivity contribution is 5.73. The molecule has 21 heteroatoms. The van der Waals surface area contributed by atoms with E-state index in [1.54, 1.807) is 0 Å². The van der Waals surface area contributed by atoms with E-state index >= 15 is 0 Å². The van der Waals surface area contributed by atoms with Crippen LogP contribution in [0.3, 0.4) is 0 Å². The molecule has 15 unspecified atom stereocenters. The van der Waals surface area contributed by atoms with Gasteiger partial charge >= 0.3 is 0 Å². The van der Waals surface area contributed by atoms with Crippen LogP contribution in [-0.2, 0) is 33.3 Å². The molecule has 4 rings (SSSR count). The summed E-state index contributed by atoms with van der Waals surface area (Å²) in [6.07, 6.45) is -21.4. The predicted octanol–water partition coefficient (Wildman–Crippen LogP) is -5.29. The Morgan fingerprint density at radius 3 is 1.86 bits per heavy atom. The van der Waals surface area contributed by atoms with Gasteiger partial charge in [0.05, 0.1) is 30.8 Å². The number of nitrogens with zero attached hydrogens (tertiary/aromatic N) is 1. The standard InChI is InChI=1S/C28H41N3O18/c1-10(34)29-17-19(36)14(7-32)46-27(22(17)39)44-9-16-21(38)25(49-28-24(41)23(40)20(37)15(8-33)47-28)18(30-11(2)35)26(48-16)45-13-5-3-12(4-6-13)31(42)43/h3-6,14-28,32-33,36-41H,7-9H2,1-2H3,(H,29,34)(H,30,35). The highest BCUT2D eigenvalue weighted by atomic mass is 16.7. The SMILES string of the molecule is CC(=O)NC1C(O)C(CO)OC(OCC2OC(Oc3ccc([N+](=O)[O-])cc3)C(NC(C)=O)C(OC3OC(CO)C(O)C(O)C3O)C2O)C1O. The maximum atomic E-state index is 12.3. The van der Waals surface area contributed by atoms with E-state index in [1.807, 2.05) is 0 Å². The molecule has 3 aliphatic heterocycles. The number of nitro benzene ring substituents is 1. The summed E-state index contributed by atoms with van der Waals surface area (Å²) in [5.41, 5.74) is -0.268. The van der Waals surface area contributed by atoms with Gasteiger partial charge in [-0.3, -0.25) is 19.7 Å². The van der Waals surface area contributed by atoms with Gasteiger partial charge in [0, 0.05) is 26.0 Å². The van der Waals surface area contributed by atoms with Crippen molar-refractivity contribution in [2.45, 2.75) is 106 Å². The lowest BCUT2D eigenvalue weighted by Gasteiger charge is -2.48. The minimum absolute atomic E-state index is 0.00226. The number of carbonyl (C=O) groups is 2. The number of carbonyl (C=O) groups excluding carboxylic acids is 2. The normalized spacial score (nSPS) is 39.5. The fraction of sp³-hybridized carbons (Fsp3) is 0.714. The van der Waals surface area contributed by atoms with Crippen LogP contribution >= 0.6 is 0 Å². The first-order valence-corrected chi connectivity index (χ1v) is 15.2. The Labute approximate surface area is 278 Å². The van der Waals surface area contributed by atoms with Crippen LogP contribution in [-0.4, -0.2) is 169 Å². The van der Waals surface area contributed by atoms with Crippen LogP contribution in [0.4, 0.5) is 5.69 Å². The Hall–Kier alpha value is -3.16. The highest BCUT2D eigenvalue weighted by Crippen LogP contribution is 2.32. The monoisotopic (exact) mass is 707 g/mol. The summed E-state index contributed by atoms with van der Waals surface area (Å²) in [5, 5.41) is 99.3. The van der Waals surface area contributed by atoms with Crippen molar-refractivity contribution in [1.82, 2.24) is 10.6 Å². The molecule has 1 aromatic carbocycles. The van der Waals surface area contributed by atoms with E-state index in [2.05, 4.69) is 10.6 Å². The van der Waals surface area contributed by atoms with Crippen LogP contribution in [0.2, 0.25) is 0 Å². The molecule has 15 atom stereocenters. The molecule has 0 aromatic heterocycles. The second-order valence-electron chi connectivity index (χ2n) is 11.7. The molecular weight excluding hydrogens is 666 g/mol. The van der Waals surface area contributed by atoms with Crippen LogP contribution in [0.1, 0.15) is 13.8 Å². The predicted molar refractivity (Wildman–Crippen MR) is 156 cm³/mol. The number of amides is 2. The van der Waals surface area contributed by atoms with Crippen LogP contribution in [0.25, 0.3) is 0 Å². The van der Waals surface area contributed by atoms with Crippen LogP contribution in [0.5, 0.6) is 5.75 Å². The van der Waals surface area contributed by atoms with Gasteiger partial charge in [0.15, 0.2) is 12.6 Å². The van der Waals surface area contributed by atoms with Crippen molar-refractivity contribution in [1.29, 1.82) is 0 Å². The number of aliphatic hydroxyl groups is 8. The van der Waals surface area contributed by atoms with Gasteiger partial charge in [-0.05, 0) is 12.1 Å². The Bertz CT molecular complexity index is 1270. The lowest BCUT2D eigenvalue weighted by atomic mass is 9.95. The number of nitro groups is 1. The fourth-order valence-electron chi connectivity index (χ4n) is 5.64. The first-order valence-electron chi connectivity index (χ1n) is 15.2. The quantitative estimate of drug-likeness (QED) is 0.0716. The Kier molecular flexibility index (Phi) is 13.2. The molecule has 0 spiro atoms. The van der Waals surface area contributed by atoms with Crippen molar-refractivity contribution in [3.05, 3.63) is 34.4 Å². The van der Waals surface area contributed by atoms with E-state index in [0.29, 0.717) is 0 Å². The van der Waals surface area contributed by atoms with E-state index in [4.69, 9.17) is 28.4 Å². The van der Waals surface area contributed by atoms with Gasteiger partial charge in [0.1, 0.15) is 72.8 Å². The van der Waals surface area contributed by atoms with Crippen LogP contribution in [0.15, 0.2) is 24.3 Å². The Morgan fingerprint density at radius 1 is 0.735 bits per heavy atom. The summed E-state index contributed by atoms with van der Waals surface area (Å²) < 4.78 is 34.3. The van der Waals surface area contributed by atoms with Crippen molar-refractivity contribution in [3.8, 4) is 5.75 Å². The van der Waals surface area contributed by atoms with Gasteiger partial charge in [-0.1, -0.05) is 0 Å². The number of benzene rings is 1. The topological polar surface area (TPSA) is 319 Å². The van der Waals surface area contributed by atoms with Gasteiger partial charge in [0.2, 0.25) is 18.1 Å². The summed E-state index contributed by atoms with van der Waals surface area (Å²) >= 11 is 0. The Morgan fingerprint density at radius 2 is 1.29 bits per heavy atom. The summed E-state index contributed by atoms with van der Waals surface area (Å²) in [5.74, 6) is -1.29. The minimum Gasteiger partial charge on any atom is -0.463 e. The van der Waals surface area contributed by atoms with Crippen LogP contribution < -0.4 is 15.4 Å². The van der Waals surface area contributed by atoms with Gasteiger partial charge in [-0.2, -0.15) is 0 Å². The highest BCUT2D eigenvalue weighted by Gasteiger charge is 2.53. The molecule has 0 radical (unpaired) electrons. The third-order valence-corrected chi connectivity index (χ3v) is 8.16. The molecule has 0 saturated carbocycles. The van der Waals surface area contributed by atoms with Crippen LogP contribution in [0, 0.1) is 10.1 Å². The summed E-state index contributed by atoms with van der Waals surface area (Å²) in [4.78, 5) is 34.5. The van der Waals surface area contributed by atoms with Crippen molar-refractivity contribution >= 4 is 17.5 Å². The molecular formula is C28H41N3O18. The first kappa shape index (κ1) is 38.6. The molecule has 0 aliphatic carbocycles. The first-order chi connectivity index (χ1) is 23.2. The average molecular weight is 708 g/mol. The van der Waals surface area contributed by atoms with Crippen molar-refractivity contribution in [3.63, 3.8) is 0 Å². The number of nitrogens with one attached hydrogen (secondary N) is 2. The number of hydrogen-bond acceptors (Lipinski definition) is 18. The second kappa shape index (κ2) is 16.7. The Balaban J connectivity index is 1.63. The molecule has 3 heterocycles. The summed E-state index contributed by atoms with van der Waals surface area (Å²) in [6, 6.07) is 1.94. The molecule has 3 aliphatic rings. The van der Waals surface area contributed by atoms with Crippen molar-refractivity contribution in [2.75, 3.05) is 19.8 Å². The lowest BCUT2D eigenvalue weighted by Crippen LogP contribution is -2.69. The number of hydrogen-bond donors (Lipinski definition) is 10. The van der Waals surface area contributed by atoms with Crippen molar-refractivity contribution < 1.29 is 83.8 Å². The van der Waals surface area contributed by atoms with Gasteiger partial charge in [0.25, 0.3) is 5.69 Å². The lowest BCUT2D eigenvalue weighted by molar-refractivity contribution is -0.384. The third-order valence-electron chi connectivity index (χ3n) is 8.16. The van der Waals surface area contributed by atoms with E-state index in [9.17, 15) is 60.6 Å². The third kappa shape index (κ3) is 8.96. The maximum absolute atomic E-state index is 12.3. The molecule has 1 aromatic rings. The van der Waals surface area contributed by atoms with Gasteiger partial charge in [-0.15, -0.1) is 0 Å². The van der Waals surface area contributed by atoms with Gasteiger partial charge < -0.3 is 79.9 Å². The summed E-state index contributed by atoms with van der Waals surface area (Å²) in [6.45, 7) is 0.0769.